The maximum absolute atomic E-state index is 13.2. The molecule has 7 nitrogen and oxygen atoms in total. The molecule has 2 aliphatic carbocycles. The minimum Gasteiger partial charge on any atom is -0.475 e. The number of fused-ring (bicyclic) bond motifs is 2. The molecule has 34 heavy (non-hydrogen) atoms. The molecule has 1 heterocycles. The predicted octanol–water partition coefficient (Wildman–Crippen LogP) is 3.09. The molecule has 186 valence electrons. The summed E-state index contributed by atoms with van der Waals surface area (Å²) in [6.45, 7) is 0. The number of nitrogens with zero attached hydrogens (tertiary/aromatic N) is 2. The Labute approximate surface area is 189 Å². The highest BCUT2D eigenvalue weighted by Gasteiger charge is 2.67. The van der Waals surface area contributed by atoms with Gasteiger partial charge in [-0.05, 0) is 42.4 Å². The van der Waals surface area contributed by atoms with Crippen LogP contribution in [0.25, 0.3) is 0 Å². The molecule has 1 saturated carbocycles. The van der Waals surface area contributed by atoms with Gasteiger partial charge in [-0.15, -0.1) is 0 Å². The normalized spacial score (nSPS) is 23.1. The molecule has 0 unspecified atom stereocenters. The second-order valence-electron chi connectivity index (χ2n) is 8.61. The zero-order chi connectivity index (χ0) is 25.7. The van der Waals surface area contributed by atoms with Crippen LogP contribution in [0.5, 0.6) is 0 Å². The van der Waals surface area contributed by atoms with Gasteiger partial charge in [0.15, 0.2) is 11.7 Å². The van der Waals surface area contributed by atoms with Crippen molar-refractivity contribution in [2.45, 2.75) is 56.4 Å². The van der Waals surface area contributed by atoms with E-state index in [1.165, 1.54) is 4.90 Å². The van der Waals surface area contributed by atoms with E-state index in [-0.39, 0.29) is 37.6 Å². The van der Waals surface area contributed by atoms with Crippen LogP contribution in [0.1, 0.15) is 42.4 Å². The predicted molar refractivity (Wildman–Crippen MR) is 106 cm³/mol. The topological polar surface area (TPSA) is 113 Å². The Balaban J connectivity index is 0.000000406. The maximum Gasteiger partial charge on any atom is 0.490 e. The molecule has 3 aliphatic rings. The van der Waals surface area contributed by atoms with Gasteiger partial charge >= 0.3 is 18.3 Å². The third-order valence-corrected chi connectivity index (χ3v) is 6.41. The molecule has 1 aromatic carbocycles. The third-order valence-electron chi connectivity index (χ3n) is 6.41. The number of aryl methyl sites for hydroxylation is 1. The Hall–Kier alpha value is -3.12. The molecule has 0 aromatic heterocycles. The van der Waals surface area contributed by atoms with Crippen LogP contribution < -0.4 is 5.73 Å². The fourth-order valence-electron chi connectivity index (χ4n) is 4.19. The molecule has 1 amide bonds. The van der Waals surface area contributed by atoms with Crippen molar-refractivity contribution in [3.63, 3.8) is 0 Å². The number of alkyl halides is 6. The van der Waals surface area contributed by atoms with Gasteiger partial charge in [-0.25, -0.2) is 9.79 Å². The molecule has 0 saturated heterocycles. The highest BCUT2D eigenvalue weighted by Crippen LogP contribution is 2.58. The smallest absolute Gasteiger partial charge is 0.475 e. The molecular formula is C21H21F6N3O4. The van der Waals surface area contributed by atoms with E-state index >= 15 is 0 Å². The number of aliphatic imine (C=N–C) groups is 1. The van der Waals surface area contributed by atoms with Gasteiger partial charge in [-0.1, -0.05) is 18.2 Å². The second kappa shape index (κ2) is 8.27. The van der Waals surface area contributed by atoms with Crippen LogP contribution >= 0.6 is 0 Å². The molecule has 4 rings (SSSR count). The number of benzene rings is 1. The highest BCUT2D eigenvalue weighted by molar-refractivity contribution is 5.99. The zero-order valence-corrected chi connectivity index (χ0v) is 17.9. The van der Waals surface area contributed by atoms with Crippen LogP contribution in [-0.2, 0) is 32.8 Å². The van der Waals surface area contributed by atoms with Crippen LogP contribution in [-0.4, -0.2) is 53.0 Å². The standard InChI is InChI=1S/C19H20F3N3O2.C2HF3O2/c1-25-15(27)10-18(24-16(25)23)5-4-12-3-2-11(8-13(12)18)9-14(26)17(6-7-17)19(20,21)22;3-2(4,5)1(6)7/h2-3,8H,4-7,9-10H2,1H3,(H2,23,24);(H,6,7)/t18-;/m0./s1. The Morgan fingerprint density at radius 2 is 1.74 bits per heavy atom. The van der Waals surface area contributed by atoms with E-state index in [0.717, 1.165) is 11.1 Å². The lowest BCUT2D eigenvalue weighted by molar-refractivity contribution is -0.193. The van der Waals surface area contributed by atoms with E-state index in [9.17, 15) is 35.9 Å². The molecule has 1 spiro atoms. The first-order valence-corrected chi connectivity index (χ1v) is 10.2. The number of carboxylic acids is 1. The largest absolute Gasteiger partial charge is 0.490 e. The van der Waals surface area contributed by atoms with Crippen molar-refractivity contribution in [2.75, 3.05) is 7.05 Å². The molecule has 1 atom stereocenters. The zero-order valence-electron chi connectivity index (χ0n) is 17.9. The monoisotopic (exact) mass is 493 g/mol. The molecule has 1 aromatic rings. The van der Waals surface area contributed by atoms with Gasteiger partial charge in [-0.2, -0.15) is 26.3 Å². The molecule has 0 bridgehead atoms. The summed E-state index contributed by atoms with van der Waals surface area (Å²) in [4.78, 5) is 39.3. The number of Topliss-reactive ketones (excluding diaryl/α,β-unsaturated/α-hetero) is 1. The summed E-state index contributed by atoms with van der Waals surface area (Å²) < 4.78 is 71.3. The van der Waals surface area contributed by atoms with Crippen molar-refractivity contribution in [3.8, 4) is 0 Å². The Morgan fingerprint density at radius 1 is 1.15 bits per heavy atom. The quantitative estimate of drug-likeness (QED) is 0.629. The highest BCUT2D eigenvalue weighted by atomic mass is 19.4. The van der Waals surface area contributed by atoms with Crippen molar-refractivity contribution in [1.82, 2.24) is 4.90 Å². The summed E-state index contributed by atoms with van der Waals surface area (Å²) in [5, 5.41) is 7.12. The number of nitrogens with two attached hydrogens (primary N) is 1. The number of amides is 1. The fraction of sp³-hybridized carbons (Fsp3) is 0.524. The molecule has 13 heteroatoms. The van der Waals surface area contributed by atoms with Gasteiger partial charge in [0.05, 0.1) is 12.0 Å². The van der Waals surface area contributed by atoms with Crippen molar-refractivity contribution in [3.05, 3.63) is 34.9 Å². The van der Waals surface area contributed by atoms with Gasteiger partial charge in [0.25, 0.3) is 0 Å². The van der Waals surface area contributed by atoms with Gasteiger partial charge in [0.1, 0.15) is 5.41 Å². The van der Waals surface area contributed by atoms with Gasteiger partial charge in [-0.3, -0.25) is 14.5 Å². The van der Waals surface area contributed by atoms with Gasteiger partial charge in [0, 0.05) is 13.5 Å². The average Bonchev–Trinajstić information content (AvgIpc) is 3.47. The van der Waals surface area contributed by atoms with Crippen LogP contribution in [0, 0.1) is 5.41 Å². The van der Waals surface area contributed by atoms with Crippen LogP contribution in [0.2, 0.25) is 0 Å². The van der Waals surface area contributed by atoms with E-state index in [0.29, 0.717) is 18.4 Å². The lowest BCUT2D eigenvalue weighted by Crippen LogP contribution is -2.47. The van der Waals surface area contributed by atoms with Crippen molar-refractivity contribution in [2.24, 2.45) is 16.1 Å². The lowest BCUT2D eigenvalue weighted by atomic mass is 9.85. The number of halogens is 6. The molecule has 0 radical (unpaired) electrons. The van der Waals surface area contributed by atoms with E-state index in [1.54, 1.807) is 19.2 Å². The number of rotatable bonds is 3. The lowest BCUT2D eigenvalue weighted by Gasteiger charge is -2.34. The first-order valence-electron chi connectivity index (χ1n) is 10.2. The number of carbonyl (C=O) groups excluding carboxylic acids is 2. The maximum atomic E-state index is 13.2. The summed E-state index contributed by atoms with van der Waals surface area (Å²) in [5.74, 6) is -3.56. The average molecular weight is 493 g/mol. The van der Waals surface area contributed by atoms with Gasteiger partial charge < -0.3 is 10.8 Å². The number of carboxylic acid groups (broad SMARTS) is 1. The first kappa shape index (κ1) is 25.5. The number of hydrogen-bond donors (Lipinski definition) is 2. The Morgan fingerprint density at radius 3 is 2.21 bits per heavy atom. The summed E-state index contributed by atoms with van der Waals surface area (Å²) in [5.41, 5.74) is 5.26. The SMILES string of the molecule is CN1C(=O)C[C@]2(CCc3ccc(CC(=O)C4(C(F)(F)F)CC4)cc32)N=C1N.O=C(O)C(F)(F)F. The Kier molecular flexibility index (Phi) is 6.21. The summed E-state index contributed by atoms with van der Waals surface area (Å²) >= 11 is 0. The first-order chi connectivity index (χ1) is 15.5. The van der Waals surface area contributed by atoms with Crippen molar-refractivity contribution < 1.29 is 45.8 Å². The number of carbonyl (C=O) groups is 3. The van der Waals surface area contributed by atoms with Crippen LogP contribution in [0.15, 0.2) is 23.2 Å². The van der Waals surface area contributed by atoms with Crippen molar-refractivity contribution >= 4 is 23.6 Å². The summed E-state index contributed by atoms with van der Waals surface area (Å²) in [6.07, 6.45) is -8.62. The number of hydrogen-bond acceptors (Lipinski definition) is 5. The fourth-order valence-corrected chi connectivity index (χ4v) is 4.19. The molecular weight excluding hydrogens is 472 g/mol. The van der Waals surface area contributed by atoms with Crippen LogP contribution in [0.3, 0.4) is 0 Å². The summed E-state index contributed by atoms with van der Waals surface area (Å²) in [6, 6.07) is 5.27. The molecule has 1 aliphatic heterocycles. The number of ketones is 1. The minimum absolute atomic E-state index is 0.133. The summed E-state index contributed by atoms with van der Waals surface area (Å²) in [7, 11) is 1.56. The second-order valence-corrected chi connectivity index (χ2v) is 8.61. The van der Waals surface area contributed by atoms with E-state index in [2.05, 4.69) is 4.99 Å². The number of guanidine groups is 1. The molecule has 1 fully saturated rings. The van der Waals surface area contributed by atoms with Gasteiger partial charge in [0.2, 0.25) is 5.91 Å². The Bertz CT molecular complexity index is 1060. The van der Waals surface area contributed by atoms with Crippen LogP contribution in [0.4, 0.5) is 26.3 Å². The number of aliphatic carboxylic acids is 1. The van der Waals surface area contributed by atoms with E-state index in [4.69, 9.17) is 15.6 Å². The van der Waals surface area contributed by atoms with Crippen molar-refractivity contribution in [1.29, 1.82) is 0 Å². The third kappa shape index (κ3) is 4.60. The minimum atomic E-state index is -5.08. The molecule has 3 N–H and O–H groups in total. The van der Waals surface area contributed by atoms with E-state index in [1.807, 2.05) is 6.07 Å². The van der Waals surface area contributed by atoms with E-state index < -0.39 is 35.1 Å².